The summed E-state index contributed by atoms with van der Waals surface area (Å²) in [6.07, 6.45) is -0.608. The van der Waals surface area contributed by atoms with Gasteiger partial charge in [-0.2, -0.15) is 13.2 Å². The monoisotopic (exact) mass is 326 g/mol. The highest BCUT2D eigenvalue weighted by Gasteiger charge is 2.35. The van der Waals surface area contributed by atoms with E-state index >= 15 is 0 Å². The number of carbonyl (C=O) groups excluding carboxylic acids is 1. The van der Waals surface area contributed by atoms with Crippen LogP contribution < -0.4 is 16.2 Å². The SMILES string of the molecule is O=C1CN=C(c2ccc(NC3CCCC3)c(C(F)(F)F)c2)NN1. The molecule has 3 N–H and O–H groups in total. The van der Waals surface area contributed by atoms with Crippen LogP contribution in [0.1, 0.15) is 36.8 Å². The predicted molar refractivity (Wildman–Crippen MR) is 80.0 cm³/mol. The molecule has 1 amide bonds. The highest BCUT2D eigenvalue weighted by atomic mass is 19.4. The summed E-state index contributed by atoms with van der Waals surface area (Å²) in [5, 5.41) is 3.00. The van der Waals surface area contributed by atoms with Crippen molar-refractivity contribution in [2.75, 3.05) is 11.9 Å². The highest BCUT2D eigenvalue weighted by molar-refractivity contribution is 6.03. The Bertz CT molecular complexity index is 636. The molecule has 1 aliphatic carbocycles. The van der Waals surface area contributed by atoms with Crippen molar-refractivity contribution in [1.82, 2.24) is 10.9 Å². The summed E-state index contributed by atoms with van der Waals surface area (Å²) in [6, 6.07) is 4.14. The van der Waals surface area contributed by atoms with Crippen LogP contribution in [-0.2, 0) is 11.0 Å². The molecule has 1 aromatic rings. The van der Waals surface area contributed by atoms with E-state index in [1.165, 1.54) is 6.07 Å². The lowest BCUT2D eigenvalue weighted by Crippen LogP contribution is -2.47. The van der Waals surface area contributed by atoms with Gasteiger partial charge in [-0.15, -0.1) is 0 Å². The fraction of sp³-hybridized carbons (Fsp3) is 0.467. The van der Waals surface area contributed by atoms with E-state index in [1.807, 2.05) is 0 Å². The summed E-state index contributed by atoms with van der Waals surface area (Å²) in [6.45, 7) is -0.105. The smallest absolute Gasteiger partial charge is 0.382 e. The van der Waals surface area contributed by atoms with E-state index in [2.05, 4.69) is 21.2 Å². The highest BCUT2D eigenvalue weighted by Crippen LogP contribution is 2.37. The fourth-order valence-corrected chi connectivity index (χ4v) is 2.86. The first-order chi connectivity index (χ1) is 10.9. The van der Waals surface area contributed by atoms with E-state index < -0.39 is 11.7 Å². The van der Waals surface area contributed by atoms with Gasteiger partial charge < -0.3 is 5.32 Å². The maximum Gasteiger partial charge on any atom is 0.418 e. The number of hydrazine groups is 1. The van der Waals surface area contributed by atoms with Gasteiger partial charge in [0.25, 0.3) is 5.91 Å². The van der Waals surface area contributed by atoms with Crippen LogP contribution in [0.3, 0.4) is 0 Å². The van der Waals surface area contributed by atoms with E-state index in [4.69, 9.17) is 0 Å². The number of nitrogens with one attached hydrogen (secondary N) is 3. The van der Waals surface area contributed by atoms with Crippen molar-refractivity contribution in [3.63, 3.8) is 0 Å². The first-order valence-electron chi connectivity index (χ1n) is 7.51. The molecule has 0 atom stereocenters. The molecule has 5 nitrogen and oxygen atoms in total. The third-order valence-corrected chi connectivity index (χ3v) is 4.01. The third-order valence-electron chi connectivity index (χ3n) is 4.01. The molecule has 3 rings (SSSR count). The van der Waals surface area contributed by atoms with E-state index in [1.54, 1.807) is 6.07 Å². The standard InChI is InChI=1S/C15H17F3N4O/c16-15(17,18)11-7-9(14-19-8-13(23)21-22-14)5-6-12(11)20-10-3-1-2-4-10/h5-7,10,20H,1-4,8H2,(H,19,22)(H,21,23). The Labute approximate surface area is 131 Å². The topological polar surface area (TPSA) is 65.5 Å². The van der Waals surface area contributed by atoms with E-state index in [0.29, 0.717) is 0 Å². The lowest BCUT2D eigenvalue weighted by Gasteiger charge is -2.21. The molecule has 1 aliphatic heterocycles. The number of carbonyl (C=O) groups is 1. The summed E-state index contributed by atoms with van der Waals surface area (Å²) in [4.78, 5) is 15.0. The zero-order chi connectivity index (χ0) is 16.4. The van der Waals surface area contributed by atoms with Gasteiger partial charge >= 0.3 is 6.18 Å². The van der Waals surface area contributed by atoms with Crippen molar-refractivity contribution in [3.05, 3.63) is 29.3 Å². The van der Waals surface area contributed by atoms with Crippen molar-refractivity contribution in [3.8, 4) is 0 Å². The van der Waals surface area contributed by atoms with Crippen molar-refractivity contribution in [2.45, 2.75) is 37.9 Å². The Kier molecular flexibility index (Phi) is 4.14. The molecule has 0 radical (unpaired) electrons. The minimum Gasteiger partial charge on any atom is -0.382 e. The summed E-state index contributed by atoms with van der Waals surface area (Å²) in [5.41, 5.74) is 4.52. The fourth-order valence-electron chi connectivity index (χ4n) is 2.86. The maximum atomic E-state index is 13.4. The van der Waals surface area contributed by atoms with Gasteiger partial charge in [0, 0.05) is 17.3 Å². The van der Waals surface area contributed by atoms with Gasteiger partial charge in [0.2, 0.25) is 0 Å². The third kappa shape index (κ3) is 3.57. The van der Waals surface area contributed by atoms with Crippen LogP contribution in [0.15, 0.2) is 23.2 Å². The van der Waals surface area contributed by atoms with Crippen molar-refractivity contribution in [2.24, 2.45) is 4.99 Å². The van der Waals surface area contributed by atoms with Gasteiger partial charge in [-0.3, -0.25) is 20.6 Å². The van der Waals surface area contributed by atoms with E-state index in [9.17, 15) is 18.0 Å². The normalized spacial score (nSPS) is 19.1. The second-order valence-corrected chi connectivity index (χ2v) is 5.72. The number of benzene rings is 1. The summed E-state index contributed by atoms with van der Waals surface area (Å²) >= 11 is 0. The van der Waals surface area contributed by atoms with Crippen LogP contribution in [-0.4, -0.2) is 24.3 Å². The molecule has 1 fully saturated rings. The van der Waals surface area contributed by atoms with E-state index in [0.717, 1.165) is 31.7 Å². The average molecular weight is 326 g/mol. The molecule has 8 heteroatoms. The Balaban J connectivity index is 1.90. The van der Waals surface area contributed by atoms with Gasteiger partial charge in [0.05, 0.1) is 5.56 Å². The molecule has 1 aromatic carbocycles. The Morgan fingerprint density at radius 3 is 2.52 bits per heavy atom. The Hall–Kier alpha value is -2.25. The predicted octanol–water partition coefficient (Wildman–Crippen LogP) is 2.44. The number of nitrogens with zero attached hydrogens (tertiary/aromatic N) is 1. The minimum absolute atomic E-state index is 0.0892. The molecule has 0 saturated heterocycles. The number of amidine groups is 1. The second kappa shape index (κ2) is 6.10. The van der Waals surface area contributed by atoms with Gasteiger partial charge in [0.15, 0.2) is 0 Å². The lowest BCUT2D eigenvalue weighted by atomic mass is 10.1. The molecule has 124 valence electrons. The van der Waals surface area contributed by atoms with Gasteiger partial charge in [-0.1, -0.05) is 12.8 Å². The number of aliphatic imine (C=N–C) groups is 1. The molecule has 23 heavy (non-hydrogen) atoms. The maximum absolute atomic E-state index is 13.4. The minimum atomic E-state index is -4.46. The lowest BCUT2D eigenvalue weighted by molar-refractivity contribution is -0.137. The quantitative estimate of drug-likeness (QED) is 0.799. The molecule has 1 saturated carbocycles. The first-order valence-corrected chi connectivity index (χ1v) is 7.51. The van der Waals surface area contributed by atoms with Crippen LogP contribution in [0, 0.1) is 0 Å². The number of anilines is 1. The van der Waals surface area contributed by atoms with Crippen LogP contribution in [0.4, 0.5) is 18.9 Å². The van der Waals surface area contributed by atoms with E-state index in [-0.39, 0.29) is 35.6 Å². The molecule has 1 heterocycles. The Morgan fingerprint density at radius 1 is 1.17 bits per heavy atom. The number of rotatable bonds is 3. The van der Waals surface area contributed by atoms with Crippen LogP contribution >= 0.6 is 0 Å². The van der Waals surface area contributed by atoms with Crippen LogP contribution in [0.25, 0.3) is 0 Å². The number of amides is 1. The summed E-state index contributed by atoms with van der Waals surface area (Å²) in [7, 11) is 0. The number of hydrogen-bond acceptors (Lipinski definition) is 4. The molecule has 2 aliphatic rings. The molecular formula is C15H17F3N4O. The number of halogens is 3. The van der Waals surface area contributed by atoms with Crippen LogP contribution in [0.2, 0.25) is 0 Å². The van der Waals surface area contributed by atoms with Crippen molar-refractivity contribution in [1.29, 1.82) is 0 Å². The second-order valence-electron chi connectivity index (χ2n) is 5.72. The molecule has 0 unspecified atom stereocenters. The zero-order valence-corrected chi connectivity index (χ0v) is 12.3. The zero-order valence-electron chi connectivity index (χ0n) is 12.3. The summed E-state index contributed by atoms with van der Waals surface area (Å²) in [5.74, 6) is -0.105. The van der Waals surface area contributed by atoms with Gasteiger partial charge in [0.1, 0.15) is 12.4 Å². The first kappa shape index (κ1) is 15.6. The van der Waals surface area contributed by atoms with Gasteiger partial charge in [-0.05, 0) is 31.0 Å². The number of hydrogen-bond donors (Lipinski definition) is 3. The molecule has 0 bridgehead atoms. The van der Waals surface area contributed by atoms with Crippen molar-refractivity contribution >= 4 is 17.4 Å². The molecule has 0 aromatic heterocycles. The molecular weight excluding hydrogens is 309 g/mol. The summed E-state index contributed by atoms with van der Waals surface area (Å²) < 4.78 is 40.1. The average Bonchev–Trinajstić information content (AvgIpc) is 3.00. The van der Waals surface area contributed by atoms with Crippen molar-refractivity contribution < 1.29 is 18.0 Å². The van der Waals surface area contributed by atoms with Gasteiger partial charge in [-0.25, -0.2) is 0 Å². The number of alkyl halides is 3. The largest absolute Gasteiger partial charge is 0.418 e. The van der Waals surface area contributed by atoms with Crippen LogP contribution in [0.5, 0.6) is 0 Å². The molecule has 0 spiro atoms. The Morgan fingerprint density at radius 2 is 1.91 bits per heavy atom.